The third kappa shape index (κ3) is 2.71. The smallest absolute Gasteiger partial charge is 0.343 e. The number of methoxy groups -OCH3 is 1. The lowest BCUT2D eigenvalue weighted by Crippen LogP contribution is -2.08. The predicted octanol–water partition coefficient (Wildman–Crippen LogP) is 3.49. The van der Waals surface area contributed by atoms with Gasteiger partial charge in [-0.15, -0.1) is 0 Å². The van der Waals surface area contributed by atoms with Crippen molar-refractivity contribution in [3.05, 3.63) is 33.8 Å². The molecule has 5 heteroatoms. The van der Waals surface area contributed by atoms with Crippen LogP contribution in [-0.4, -0.2) is 24.7 Å². The number of carbonyl (C=O) groups is 1. The molecule has 100 valence electrons. The van der Waals surface area contributed by atoms with Crippen LogP contribution in [0.25, 0.3) is 10.9 Å². The van der Waals surface area contributed by atoms with Gasteiger partial charge in [0.15, 0.2) is 0 Å². The SMILES string of the molecule is CCOC(=O)c1cc2c(C)cc(Br)cc2nc1OC. The quantitative estimate of drug-likeness (QED) is 0.811. The van der Waals surface area contributed by atoms with E-state index in [1.807, 2.05) is 19.1 Å². The van der Waals surface area contributed by atoms with Crippen LogP contribution in [0.5, 0.6) is 5.88 Å². The van der Waals surface area contributed by atoms with E-state index in [-0.39, 0.29) is 5.88 Å². The molecule has 0 aliphatic carbocycles. The maximum Gasteiger partial charge on any atom is 0.343 e. The summed E-state index contributed by atoms with van der Waals surface area (Å²) < 4.78 is 11.1. The number of aromatic nitrogens is 1. The first-order chi connectivity index (χ1) is 9.06. The molecule has 0 atom stereocenters. The number of nitrogens with zero attached hydrogens (tertiary/aromatic N) is 1. The number of rotatable bonds is 3. The summed E-state index contributed by atoms with van der Waals surface area (Å²) in [7, 11) is 1.49. The summed E-state index contributed by atoms with van der Waals surface area (Å²) >= 11 is 3.43. The third-order valence-electron chi connectivity index (χ3n) is 2.76. The molecule has 19 heavy (non-hydrogen) atoms. The van der Waals surface area contributed by atoms with E-state index in [4.69, 9.17) is 9.47 Å². The Morgan fingerprint density at radius 3 is 2.74 bits per heavy atom. The fraction of sp³-hybridized carbons (Fsp3) is 0.286. The molecule has 0 fully saturated rings. The van der Waals surface area contributed by atoms with Gasteiger partial charge in [-0.25, -0.2) is 9.78 Å². The van der Waals surface area contributed by atoms with Crippen LogP contribution >= 0.6 is 15.9 Å². The van der Waals surface area contributed by atoms with Crippen LogP contribution in [0.3, 0.4) is 0 Å². The van der Waals surface area contributed by atoms with Crippen LogP contribution in [0.2, 0.25) is 0 Å². The van der Waals surface area contributed by atoms with E-state index in [1.54, 1.807) is 13.0 Å². The van der Waals surface area contributed by atoms with Crippen LogP contribution in [0.15, 0.2) is 22.7 Å². The Labute approximate surface area is 119 Å². The van der Waals surface area contributed by atoms with Gasteiger partial charge in [-0.1, -0.05) is 15.9 Å². The molecule has 0 saturated heterocycles. The number of esters is 1. The first-order valence-electron chi connectivity index (χ1n) is 5.88. The average Bonchev–Trinajstić information content (AvgIpc) is 2.37. The van der Waals surface area contributed by atoms with Gasteiger partial charge in [0.1, 0.15) is 5.56 Å². The highest BCUT2D eigenvalue weighted by Gasteiger charge is 2.17. The molecule has 1 heterocycles. The molecular formula is C14H14BrNO3. The number of carbonyl (C=O) groups excluding carboxylic acids is 1. The Morgan fingerprint density at radius 2 is 2.11 bits per heavy atom. The molecule has 0 amide bonds. The Bertz CT molecular complexity index is 640. The summed E-state index contributed by atoms with van der Waals surface area (Å²) in [6, 6.07) is 5.63. The van der Waals surface area contributed by atoms with Crippen molar-refractivity contribution in [2.75, 3.05) is 13.7 Å². The number of aryl methyl sites for hydroxylation is 1. The maximum atomic E-state index is 11.9. The first kappa shape index (κ1) is 13.8. The van der Waals surface area contributed by atoms with Crippen molar-refractivity contribution in [2.45, 2.75) is 13.8 Å². The molecule has 0 aliphatic heterocycles. The molecule has 4 nitrogen and oxygen atoms in total. The highest BCUT2D eigenvalue weighted by atomic mass is 79.9. The Kier molecular flexibility index (Phi) is 4.04. The molecular weight excluding hydrogens is 310 g/mol. The van der Waals surface area contributed by atoms with E-state index < -0.39 is 5.97 Å². The minimum Gasteiger partial charge on any atom is -0.480 e. The second-order valence-corrected chi connectivity index (χ2v) is 4.97. The lowest BCUT2D eigenvalue weighted by molar-refractivity contribution is 0.0522. The molecule has 0 N–H and O–H groups in total. The molecule has 0 spiro atoms. The molecule has 0 saturated carbocycles. The van der Waals surface area contributed by atoms with E-state index in [0.29, 0.717) is 12.2 Å². The zero-order valence-corrected chi connectivity index (χ0v) is 12.6. The van der Waals surface area contributed by atoms with Crippen molar-refractivity contribution >= 4 is 32.8 Å². The van der Waals surface area contributed by atoms with Crippen LogP contribution in [0.4, 0.5) is 0 Å². The second kappa shape index (κ2) is 5.57. The zero-order chi connectivity index (χ0) is 14.0. The van der Waals surface area contributed by atoms with Gasteiger partial charge in [-0.2, -0.15) is 0 Å². The molecule has 0 radical (unpaired) electrons. The second-order valence-electron chi connectivity index (χ2n) is 4.06. The largest absolute Gasteiger partial charge is 0.480 e. The minimum absolute atomic E-state index is 0.281. The lowest BCUT2D eigenvalue weighted by Gasteiger charge is -2.10. The number of benzene rings is 1. The lowest BCUT2D eigenvalue weighted by atomic mass is 10.1. The van der Waals surface area contributed by atoms with Gasteiger partial charge in [-0.05, 0) is 37.6 Å². The van der Waals surface area contributed by atoms with Crippen LogP contribution in [0.1, 0.15) is 22.8 Å². The van der Waals surface area contributed by atoms with Gasteiger partial charge in [-0.3, -0.25) is 0 Å². The van der Waals surface area contributed by atoms with Gasteiger partial charge in [0.2, 0.25) is 5.88 Å². The molecule has 2 rings (SSSR count). The zero-order valence-electron chi connectivity index (χ0n) is 11.0. The normalized spacial score (nSPS) is 10.5. The highest BCUT2D eigenvalue weighted by molar-refractivity contribution is 9.10. The summed E-state index contributed by atoms with van der Waals surface area (Å²) in [6.45, 7) is 4.05. The highest BCUT2D eigenvalue weighted by Crippen LogP contribution is 2.28. The van der Waals surface area contributed by atoms with Gasteiger partial charge in [0.05, 0.1) is 19.2 Å². The summed E-state index contributed by atoms with van der Waals surface area (Å²) in [5, 5.41) is 0.909. The van der Waals surface area contributed by atoms with Crippen molar-refractivity contribution < 1.29 is 14.3 Å². The molecule has 1 aromatic heterocycles. The van der Waals surface area contributed by atoms with E-state index in [2.05, 4.69) is 20.9 Å². The van der Waals surface area contributed by atoms with Gasteiger partial charge >= 0.3 is 5.97 Å². The standard InChI is InChI=1S/C14H14BrNO3/c1-4-19-14(17)11-7-10-8(2)5-9(15)6-12(10)16-13(11)18-3/h5-7H,4H2,1-3H3. The summed E-state index contributed by atoms with van der Waals surface area (Å²) in [4.78, 5) is 16.3. The maximum absolute atomic E-state index is 11.9. The average molecular weight is 324 g/mol. The fourth-order valence-corrected chi connectivity index (χ4v) is 2.46. The number of fused-ring (bicyclic) bond motifs is 1. The summed E-state index contributed by atoms with van der Waals surface area (Å²) in [5.74, 6) is -0.139. The van der Waals surface area contributed by atoms with Crippen molar-refractivity contribution in [1.82, 2.24) is 4.98 Å². The van der Waals surface area contributed by atoms with Crippen molar-refractivity contribution in [3.63, 3.8) is 0 Å². The molecule has 0 aliphatic rings. The van der Waals surface area contributed by atoms with Crippen molar-refractivity contribution in [1.29, 1.82) is 0 Å². The van der Waals surface area contributed by atoms with Crippen molar-refractivity contribution in [3.8, 4) is 5.88 Å². The Hall–Kier alpha value is -1.62. The predicted molar refractivity (Wildman–Crippen MR) is 76.7 cm³/mol. The van der Waals surface area contributed by atoms with Crippen LogP contribution in [-0.2, 0) is 4.74 Å². The van der Waals surface area contributed by atoms with Gasteiger partial charge < -0.3 is 9.47 Å². The van der Waals surface area contributed by atoms with E-state index in [9.17, 15) is 4.79 Å². The first-order valence-corrected chi connectivity index (χ1v) is 6.68. The molecule has 1 aromatic carbocycles. The third-order valence-corrected chi connectivity index (χ3v) is 3.22. The van der Waals surface area contributed by atoms with Crippen molar-refractivity contribution in [2.24, 2.45) is 0 Å². The van der Waals surface area contributed by atoms with Crippen LogP contribution in [0, 0.1) is 6.92 Å². The number of hydrogen-bond donors (Lipinski definition) is 0. The van der Waals surface area contributed by atoms with E-state index in [1.165, 1.54) is 7.11 Å². The molecule has 0 bridgehead atoms. The molecule has 0 unspecified atom stereocenters. The number of pyridine rings is 1. The Morgan fingerprint density at radius 1 is 1.37 bits per heavy atom. The summed E-state index contributed by atoms with van der Waals surface area (Å²) in [5.41, 5.74) is 2.16. The topological polar surface area (TPSA) is 48.4 Å². The summed E-state index contributed by atoms with van der Waals surface area (Å²) in [6.07, 6.45) is 0. The van der Waals surface area contributed by atoms with Gasteiger partial charge in [0.25, 0.3) is 0 Å². The van der Waals surface area contributed by atoms with Gasteiger partial charge in [0, 0.05) is 9.86 Å². The monoisotopic (exact) mass is 323 g/mol. The number of ether oxygens (including phenoxy) is 2. The van der Waals surface area contributed by atoms with E-state index in [0.717, 1.165) is 20.9 Å². The number of halogens is 1. The Balaban J connectivity index is 2.67. The van der Waals surface area contributed by atoms with Crippen LogP contribution < -0.4 is 4.74 Å². The molecule has 2 aromatic rings. The minimum atomic E-state index is -0.420. The fourth-order valence-electron chi connectivity index (χ4n) is 1.90. The van der Waals surface area contributed by atoms with E-state index >= 15 is 0 Å². The number of hydrogen-bond acceptors (Lipinski definition) is 4.